The molecule has 3 heterocycles. The summed E-state index contributed by atoms with van der Waals surface area (Å²) in [5.74, 6) is 0.0505. The Hall–Kier alpha value is -3.23. The minimum atomic E-state index is -4.70. The van der Waals surface area contributed by atoms with Crippen LogP contribution in [0.1, 0.15) is 11.3 Å². The van der Waals surface area contributed by atoms with Gasteiger partial charge in [0.05, 0.1) is 23.2 Å². The van der Waals surface area contributed by atoms with Crippen molar-refractivity contribution in [2.45, 2.75) is 6.18 Å². The van der Waals surface area contributed by atoms with Crippen molar-refractivity contribution < 1.29 is 22.3 Å². The monoisotopic (exact) mass is 362 g/mol. The highest BCUT2D eigenvalue weighted by Crippen LogP contribution is 2.36. The number of pyridine rings is 1. The third-order valence-electron chi connectivity index (χ3n) is 3.78. The average Bonchev–Trinajstić information content (AvgIpc) is 3.07. The van der Waals surface area contributed by atoms with Gasteiger partial charge >= 0.3 is 6.18 Å². The van der Waals surface area contributed by atoms with Gasteiger partial charge in [-0.25, -0.2) is 19.0 Å². The first-order valence-corrected chi connectivity index (χ1v) is 7.50. The second-order valence-corrected chi connectivity index (χ2v) is 5.47. The van der Waals surface area contributed by atoms with Gasteiger partial charge in [0.25, 0.3) is 0 Å². The van der Waals surface area contributed by atoms with Gasteiger partial charge in [0.1, 0.15) is 12.4 Å². The third-order valence-corrected chi connectivity index (χ3v) is 3.78. The summed E-state index contributed by atoms with van der Waals surface area (Å²) in [5.41, 5.74) is -1.07. The molecule has 0 spiro atoms. The lowest BCUT2D eigenvalue weighted by molar-refractivity contribution is -0.142. The summed E-state index contributed by atoms with van der Waals surface area (Å²) in [6, 6.07) is 7.85. The van der Waals surface area contributed by atoms with Crippen molar-refractivity contribution in [3.8, 4) is 11.4 Å². The Labute approximate surface area is 144 Å². The normalized spacial score (nSPS) is 13.8. The van der Waals surface area contributed by atoms with Crippen molar-refractivity contribution in [2.24, 2.45) is 4.99 Å². The fraction of sp³-hybridized carbons (Fsp3) is 0.118. The third kappa shape index (κ3) is 2.81. The van der Waals surface area contributed by atoms with Crippen molar-refractivity contribution in [3.05, 3.63) is 65.9 Å². The maximum atomic E-state index is 13.7. The molecule has 0 fully saturated rings. The van der Waals surface area contributed by atoms with Gasteiger partial charge < -0.3 is 4.74 Å². The fourth-order valence-electron chi connectivity index (χ4n) is 2.63. The van der Waals surface area contributed by atoms with Crippen LogP contribution in [0.3, 0.4) is 0 Å². The van der Waals surface area contributed by atoms with Gasteiger partial charge in [0, 0.05) is 6.20 Å². The zero-order valence-electron chi connectivity index (χ0n) is 13.0. The molecule has 1 aliphatic rings. The van der Waals surface area contributed by atoms with E-state index in [0.29, 0.717) is 10.4 Å². The first-order chi connectivity index (χ1) is 12.4. The van der Waals surface area contributed by atoms with Gasteiger partial charge in [-0.1, -0.05) is 0 Å². The highest BCUT2D eigenvalue weighted by Gasteiger charge is 2.40. The summed E-state index contributed by atoms with van der Waals surface area (Å²) in [6.45, 7) is -0.142. The topological polar surface area (TPSA) is 52.3 Å². The second kappa shape index (κ2) is 5.94. The molecule has 0 amide bonds. The van der Waals surface area contributed by atoms with Crippen LogP contribution in [0.25, 0.3) is 5.69 Å². The van der Waals surface area contributed by atoms with Crippen LogP contribution in [-0.2, 0) is 6.18 Å². The fourth-order valence-corrected chi connectivity index (χ4v) is 2.63. The molecule has 0 saturated carbocycles. The number of aromatic nitrogens is 3. The Morgan fingerprint density at radius 1 is 1.08 bits per heavy atom. The maximum Gasteiger partial charge on any atom is 0.434 e. The Balaban J connectivity index is 1.86. The highest BCUT2D eigenvalue weighted by molar-refractivity contribution is 6.05. The van der Waals surface area contributed by atoms with Crippen LogP contribution in [0.5, 0.6) is 5.75 Å². The lowest BCUT2D eigenvalue weighted by Crippen LogP contribution is -2.22. The standard InChI is InChI=1S/C17H10F4N4O/c18-10-3-5-11(6-4-10)25-15(17(19,20)21)12(8-23-25)13-9-26-14-2-1-7-22-16(14)24-13/h1-8H,9H2. The Kier molecular flexibility index (Phi) is 3.71. The zero-order chi connectivity index (χ0) is 18.3. The second-order valence-electron chi connectivity index (χ2n) is 5.47. The Bertz CT molecular complexity index is 993. The summed E-state index contributed by atoms with van der Waals surface area (Å²) in [7, 11) is 0. The molecule has 9 heteroatoms. The van der Waals surface area contributed by atoms with E-state index >= 15 is 0 Å². The van der Waals surface area contributed by atoms with Crippen LogP contribution < -0.4 is 4.74 Å². The molecule has 0 bridgehead atoms. The molecular formula is C17H10F4N4O. The Morgan fingerprint density at radius 2 is 1.85 bits per heavy atom. The van der Waals surface area contributed by atoms with Crippen molar-refractivity contribution >= 4 is 11.5 Å². The van der Waals surface area contributed by atoms with Crippen molar-refractivity contribution in [1.29, 1.82) is 0 Å². The van der Waals surface area contributed by atoms with E-state index in [9.17, 15) is 17.6 Å². The molecule has 26 heavy (non-hydrogen) atoms. The molecule has 0 radical (unpaired) electrons. The molecule has 1 aliphatic heterocycles. The quantitative estimate of drug-likeness (QED) is 0.649. The first-order valence-electron chi connectivity index (χ1n) is 7.50. The van der Waals surface area contributed by atoms with E-state index in [-0.39, 0.29) is 29.4 Å². The summed E-state index contributed by atoms with van der Waals surface area (Å²) in [4.78, 5) is 8.18. The number of fused-ring (bicyclic) bond motifs is 1. The smallest absolute Gasteiger partial charge is 0.434 e. The molecular weight excluding hydrogens is 352 g/mol. The SMILES string of the molecule is Fc1ccc(-n2ncc(C3=Nc4ncccc4OC3)c2C(F)(F)F)cc1. The average molecular weight is 362 g/mol. The number of benzene rings is 1. The molecule has 0 atom stereocenters. The molecule has 0 unspecified atom stereocenters. The molecule has 0 N–H and O–H groups in total. The number of nitrogens with zero attached hydrogens (tertiary/aromatic N) is 4. The number of hydrogen-bond acceptors (Lipinski definition) is 4. The van der Waals surface area contributed by atoms with E-state index in [1.807, 2.05) is 0 Å². The van der Waals surface area contributed by atoms with Crippen LogP contribution in [-0.4, -0.2) is 27.1 Å². The van der Waals surface area contributed by atoms with E-state index in [1.54, 1.807) is 12.1 Å². The van der Waals surface area contributed by atoms with E-state index < -0.39 is 17.7 Å². The van der Waals surface area contributed by atoms with Crippen molar-refractivity contribution in [1.82, 2.24) is 14.8 Å². The summed E-state index contributed by atoms with van der Waals surface area (Å²) in [5, 5.41) is 3.83. The maximum absolute atomic E-state index is 13.7. The molecule has 3 aromatic rings. The summed E-state index contributed by atoms with van der Waals surface area (Å²) >= 11 is 0. The highest BCUT2D eigenvalue weighted by atomic mass is 19.4. The number of halogens is 4. The van der Waals surface area contributed by atoms with Crippen LogP contribution in [0.2, 0.25) is 0 Å². The van der Waals surface area contributed by atoms with E-state index in [1.165, 1.54) is 18.3 Å². The Morgan fingerprint density at radius 3 is 2.58 bits per heavy atom. The molecule has 1 aromatic carbocycles. The van der Waals surface area contributed by atoms with Gasteiger partial charge in [-0.2, -0.15) is 18.3 Å². The van der Waals surface area contributed by atoms with Crippen LogP contribution in [0.4, 0.5) is 23.4 Å². The number of alkyl halides is 3. The van der Waals surface area contributed by atoms with Crippen LogP contribution in [0, 0.1) is 5.82 Å². The lowest BCUT2D eigenvalue weighted by Gasteiger charge is -2.17. The van der Waals surface area contributed by atoms with E-state index in [2.05, 4.69) is 15.1 Å². The lowest BCUT2D eigenvalue weighted by atomic mass is 10.1. The van der Waals surface area contributed by atoms with Gasteiger partial charge in [0.15, 0.2) is 17.3 Å². The van der Waals surface area contributed by atoms with E-state index in [0.717, 1.165) is 18.3 Å². The predicted octanol–water partition coefficient (Wildman–Crippen LogP) is 3.94. The largest absolute Gasteiger partial charge is 0.483 e. The summed E-state index contributed by atoms with van der Waals surface area (Å²) in [6.07, 6.45) is -2.16. The molecule has 0 saturated heterocycles. The number of hydrogen-bond donors (Lipinski definition) is 0. The first kappa shape index (κ1) is 16.2. The van der Waals surface area contributed by atoms with E-state index in [4.69, 9.17) is 4.74 Å². The zero-order valence-corrected chi connectivity index (χ0v) is 13.0. The van der Waals surface area contributed by atoms with Crippen LogP contribution >= 0.6 is 0 Å². The number of aliphatic imine (C=N–C) groups is 1. The summed E-state index contributed by atoms with van der Waals surface area (Å²) < 4.78 is 60.4. The van der Waals surface area contributed by atoms with Gasteiger partial charge in [-0.15, -0.1) is 0 Å². The molecule has 0 aliphatic carbocycles. The molecule has 5 nitrogen and oxygen atoms in total. The minimum Gasteiger partial charge on any atom is -0.483 e. The van der Waals surface area contributed by atoms with Crippen LogP contribution in [0.15, 0.2) is 53.8 Å². The molecule has 2 aromatic heterocycles. The number of rotatable bonds is 2. The van der Waals surface area contributed by atoms with Gasteiger partial charge in [0.2, 0.25) is 0 Å². The molecule has 132 valence electrons. The minimum absolute atomic E-state index is 0.0666. The number of ether oxygens (including phenoxy) is 1. The van der Waals surface area contributed by atoms with Gasteiger partial charge in [-0.3, -0.25) is 0 Å². The van der Waals surface area contributed by atoms with Crippen molar-refractivity contribution in [3.63, 3.8) is 0 Å². The molecule has 4 rings (SSSR count). The predicted molar refractivity (Wildman–Crippen MR) is 84.5 cm³/mol. The van der Waals surface area contributed by atoms with Gasteiger partial charge in [-0.05, 0) is 36.4 Å². The van der Waals surface area contributed by atoms with Crippen molar-refractivity contribution in [2.75, 3.05) is 6.61 Å².